The summed E-state index contributed by atoms with van der Waals surface area (Å²) >= 11 is 0. The fraction of sp³-hybridized carbons (Fsp3) is 0.522. The minimum atomic E-state index is -2.65. The quantitative estimate of drug-likeness (QED) is 0.538. The molecule has 3 aliphatic rings. The molecule has 9 nitrogen and oxygen atoms in total. The van der Waals surface area contributed by atoms with Crippen LogP contribution in [0.15, 0.2) is 6.07 Å². The standard InChI is InChI=1S/C23H26N2O7/c1-8-5-13(25(3)4)11-6-10-7-12-9(2)18(27)16(22(24)31)21(30)23(12,32)20(29)14(10)19(28)15(11)17(8)26/h5,9-10,12,14,16,26,32H,6-7H2,1-4H3,(H2,24,31). The van der Waals surface area contributed by atoms with Crippen molar-refractivity contribution in [2.75, 3.05) is 19.0 Å². The van der Waals surface area contributed by atoms with Crippen molar-refractivity contribution in [1.82, 2.24) is 0 Å². The fourth-order valence-electron chi connectivity index (χ4n) is 5.87. The van der Waals surface area contributed by atoms with Crippen LogP contribution in [0.5, 0.6) is 5.75 Å². The molecule has 2 fully saturated rings. The molecule has 0 saturated heterocycles. The van der Waals surface area contributed by atoms with Gasteiger partial charge in [0.15, 0.2) is 34.7 Å². The van der Waals surface area contributed by atoms with E-state index < -0.39 is 64.2 Å². The van der Waals surface area contributed by atoms with Crippen LogP contribution in [0, 0.1) is 36.5 Å². The lowest BCUT2D eigenvalue weighted by Crippen LogP contribution is -2.70. The molecule has 9 heteroatoms. The molecule has 4 rings (SSSR count). The highest BCUT2D eigenvalue weighted by Gasteiger charge is 2.68. The number of Topliss-reactive ketones (excluding diaryl/α,β-unsaturated/α-hetero) is 4. The van der Waals surface area contributed by atoms with Crippen LogP contribution in [-0.4, -0.2) is 58.9 Å². The summed E-state index contributed by atoms with van der Waals surface area (Å²) in [6, 6.07) is 1.76. The summed E-state index contributed by atoms with van der Waals surface area (Å²) in [5.41, 5.74) is 4.39. The molecule has 3 aliphatic carbocycles. The summed E-state index contributed by atoms with van der Waals surface area (Å²) in [7, 11) is 3.61. The van der Waals surface area contributed by atoms with Crippen molar-refractivity contribution >= 4 is 34.7 Å². The lowest BCUT2D eigenvalue weighted by molar-refractivity contribution is -0.180. The topological polar surface area (TPSA) is 155 Å². The number of nitrogens with two attached hydrogens (primary N) is 1. The molecular weight excluding hydrogens is 416 g/mol. The Hall–Kier alpha value is -3.07. The smallest absolute Gasteiger partial charge is 0.235 e. The van der Waals surface area contributed by atoms with Gasteiger partial charge in [0, 0.05) is 31.6 Å². The number of carbonyl (C=O) groups excluding carboxylic acids is 5. The molecule has 1 aromatic rings. The summed E-state index contributed by atoms with van der Waals surface area (Å²) in [5, 5.41) is 22.0. The number of carbonyl (C=O) groups is 5. The van der Waals surface area contributed by atoms with Gasteiger partial charge in [0.05, 0.1) is 11.5 Å². The van der Waals surface area contributed by atoms with Crippen molar-refractivity contribution in [3.05, 3.63) is 22.8 Å². The van der Waals surface area contributed by atoms with Gasteiger partial charge in [-0.05, 0) is 42.9 Å². The zero-order valence-corrected chi connectivity index (χ0v) is 18.3. The lowest BCUT2D eigenvalue weighted by Gasteiger charge is -2.51. The van der Waals surface area contributed by atoms with E-state index in [1.165, 1.54) is 6.92 Å². The van der Waals surface area contributed by atoms with Crippen LogP contribution in [0.25, 0.3) is 0 Å². The van der Waals surface area contributed by atoms with E-state index in [1.807, 2.05) is 4.90 Å². The number of phenolic OH excluding ortho intramolecular Hbond substituents is 1. The number of ketones is 4. The Bertz CT molecular complexity index is 1110. The summed E-state index contributed by atoms with van der Waals surface area (Å²) < 4.78 is 0. The third-order valence-corrected chi connectivity index (χ3v) is 7.53. The van der Waals surface area contributed by atoms with Crippen LogP contribution in [0.4, 0.5) is 5.69 Å². The second-order valence-corrected chi connectivity index (χ2v) is 9.48. The van der Waals surface area contributed by atoms with Crippen LogP contribution >= 0.6 is 0 Å². The summed E-state index contributed by atoms with van der Waals surface area (Å²) in [6.07, 6.45) is 0.337. The van der Waals surface area contributed by atoms with Gasteiger partial charge in [0.2, 0.25) is 5.91 Å². The van der Waals surface area contributed by atoms with Crippen LogP contribution in [-0.2, 0) is 25.6 Å². The Balaban J connectivity index is 1.88. The number of primary amides is 1. The third-order valence-electron chi connectivity index (χ3n) is 7.53. The minimum absolute atomic E-state index is 0.0178. The monoisotopic (exact) mass is 442 g/mol. The van der Waals surface area contributed by atoms with E-state index in [0.717, 1.165) is 5.69 Å². The van der Waals surface area contributed by atoms with Crippen molar-refractivity contribution < 1.29 is 34.2 Å². The molecule has 4 N–H and O–H groups in total. The Morgan fingerprint density at radius 1 is 1.19 bits per heavy atom. The highest BCUT2D eigenvalue weighted by atomic mass is 16.3. The molecule has 170 valence electrons. The average molecular weight is 442 g/mol. The van der Waals surface area contributed by atoms with Gasteiger partial charge < -0.3 is 20.8 Å². The first-order valence-corrected chi connectivity index (χ1v) is 10.5. The van der Waals surface area contributed by atoms with E-state index in [9.17, 15) is 34.2 Å². The van der Waals surface area contributed by atoms with E-state index in [4.69, 9.17) is 5.73 Å². The zero-order valence-electron chi connectivity index (χ0n) is 18.3. The summed E-state index contributed by atoms with van der Waals surface area (Å²) in [5.74, 6) is -10.9. The molecule has 0 aliphatic heterocycles. The van der Waals surface area contributed by atoms with Crippen molar-refractivity contribution in [2.24, 2.45) is 35.3 Å². The molecule has 6 unspecified atom stereocenters. The maximum Gasteiger partial charge on any atom is 0.235 e. The highest BCUT2D eigenvalue weighted by molar-refractivity contribution is 6.31. The number of aromatic hydroxyl groups is 1. The Labute approximate surface area is 184 Å². The number of amides is 1. The van der Waals surface area contributed by atoms with Crippen molar-refractivity contribution in [1.29, 1.82) is 0 Å². The number of benzene rings is 1. The average Bonchev–Trinajstić information content (AvgIpc) is 2.70. The van der Waals surface area contributed by atoms with Crippen LogP contribution < -0.4 is 10.6 Å². The maximum atomic E-state index is 13.5. The number of aryl methyl sites for hydroxylation is 1. The molecule has 0 bridgehead atoms. The van der Waals surface area contributed by atoms with E-state index in [0.29, 0.717) is 11.1 Å². The molecule has 6 atom stereocenters. The number of aliphatic hydroxyl groups is 1. The first-order chi connectivity index (χ1) is 14.8. The van der Waals surface area contributed by atoms with Gasteiger partial charge >= 0.3 is 0 Å². The lowest BCUT2D eigenvalue weighted by atomic mass is 9.51. The van der Waals surface area contributed by atoms with E-state index in [-0.39, 0.29) is 24.2 Å². The number of anilines is 1. The number of hydrogen-bond donors (Lipinski definition) is 3. The number of hydrogen-bond acceptors (Lipinski definition) is 8. The van der Waals surface area contributed by atoms with Crippen LogP contribution in [0.1, 0.15) is 34.8 Å². The molecule has 0 heterocycles. The van der Waals surface area contributed by atoms with Gasteiger partial charge in [-0.3, -0.25) is 24.0 Å². The highest BCUT2D eigenvalue weighted by Crippen LogP contribution is 2.52. The van der Waals surface area contributed by atoms with Gasteiger partial charge in [-0.2, -0.15) is 0 Å². The SMILES string of the molecule is Cc1cc(N(C)C)c2c(c1O)C(=O)C1C(=O)C3(O)C(=O)C(C(N)=O)C(=O)C(C)C3CC1C2. The molecule has 1 aromatic carbocycles. The Morgan fingerprint density at radius 3 is 2.38 bits per heavy atom. The molecule has 1 amide bonds. The molecule has 0 radical (unpaired) electrons. The zero-order chi connectivity index (χ0) is 23.9. The van der Waals surface area contributed by atoms with E-state index in [2.05, 4.69) is 0 Å². The third kappa shape index (κ3) is 2.63. The maximum absolute atomic E-state index is 13.5. The largest absolute Gasteiger partial charge is 0.507 e. The minimum Gasteiger partial charge on any atom is -0.507 e. The second kappa shape index (κ2) is 6.96. The first kappa shape index (κ1) is 22.1. The summed E-state index contributed by atoms with van der Waals surface area (Å²) in [6.45, 7) is 3.11. The second-order valence-electron chi connectivity index (χ2n) is 9.48. The van der Waals surface area contributed by atoms with Gasteiger partial charge in [-0.1, -0.05) is 6.92 Å². The van der Waals surface area contributed by atoms with Crippen molar-refractivity contribution in [3.63, 3.8) is 0 Å². The molecule has 2 saturated carbocycles. The van der Waals surface area contributed by atoms with E-state index in [1.54, 1.807) is 27.1 Å². The van der Waals surface area contributed by atoms with Crippen LogP contribution in [0.2, 0.25) is 0 Å². The molecular formula is C23H26N2O7. The van der Waals surface area contributed by atoms with Gasteiger partial charge in [0.1, 0.15) is 5.75 Å². The predicted octanol–water partition coefficient (Wildman–Crippen LogP) is -0.0527. The Kier molecular flexibility index (Phi) is 4.82. The predicted molar refractivity (Wildman–Crippen MR) is 112 cm³/mol. The van der Waals surface area contributed by atoms with Gasteiger partial charge in [0.25, 0.3) is 0 Å². The number of nitrogens with zero attached hydrogens (tertiary/aromatic N) is 1. The first-order valence-electron chi connectivity index (χ1n) is 10.5. The fourth-order valence-corrected chi connectivity index (χ4v) is 5.87. The van der Waals surface area contributed by atoms with Crippen molar-refractivity contribution in [3.8, 4) is 5.75 Å². The number of phenols is 1. The number of fused-ring (bicyclic) bond motifs is 3. The number of rotatable bonds is 2. The van der Waals surface area contributed by atoms with E-state index >= 15 is 0 Å². The molecule has 32 heavy (non-hydrogen) atoms. The molecule has 0 spiro atoms. The normalized spacial score (nSPS) is 34.0. The summed E-state index contributed by atoms with van der Waals surface area (Å²) in [4.78, 5) is 66.4. The Morgan fingerprint density at radius 2 is 1.81 bits per heavy atom. The molecule has 0 aromatic heterocycles. The van der Waals surface area contributed by atoms with Gasteiger partial charge in [-0.15, -0.1) is 0 Å². The van der Waals surface area contributed by atoms with Gasteiger partial charge in [-0.25, -0.2) is 0 Å². The van der Waals surface area contributed by atoms with Crippen molar-refractivity contribution in [2.45, 2.75) is 32.3 Å². The van der Waals surface area contributed by atoms with Crippen LogP contribution in [0.3, 0.4) is 0 Å².